The molecule has 1 aromatic carbocycles. The second kappa shape index (κ2) is 7.09. The van der Waals surface area contributed by atoms with Gasteiger partial charge in [0.15, 0.2) is 0 Å². The van der Waals surface area contributed by atoms with Crippen LogP contribution in [0.5, 0.6) is 11.5 Å². The van der Waals surface area contributed by atoms with Crippen LogP contribution in [0.4, 0.5) is 0 Å². The number of rotatable bonds is 6. The highest BCUT2D eigenvalue weighted by molar-refractivity contribution is 7.80. The van der Waals surface area contributed by atoms with E-state index in [1.807, 2.05) is 13.8 Å². The lowest BCUT2D eigenvalue weighted by molar-refractivity contribution is 0.0933. The van der Waals surface area contributed by atoms with Gasteiger partial charge in [-0.2, -0.15) is 0 Å². The summed E-state index contributed by atoms with van der Waals surface area (Å²) in [5.74, 6) is 0.641. The molecule has 0 aliphatic carbocycles. The highest BCUT2D eigenvalue weighted by Gasteiger charge is 2.24. The smallest absolute Gasteiger partial charge is 0.259 e. The van der Waals surface area contributed by atoms with E-state index in [1.165, 1.54) is 14.2 Å². The summed E-state index contributed by atoms with van der Waals surface area (Å²) in [6.07, 6.45) is 0. The summed E-state index contributed by atoms with van der Waals surface area (Å²) in [5, 5.41) is 2.82. The molecule has 0 saturated heterocycles. The van der Waals surface area contributed by atoms with Crippen LogP contribution in [-0.2, 0) is 0 Å². The maximum Gasteiger partial charge on any atom is 0.259 e. The van der Waals surface area contributed by atoms with Gasteiger partial charge >= 0.3 is 0 Å². The molecule has 1 rings (SSSR count). The molecule has 0 fully saturated rings. The topological polar surface area (TPSA) is 73.6 Å². The summed E-state index contributed by atoms with van der Waals surface area (Å²) in [7, 11) is 3.00. The Morgan fingerprint density at radius 3 is 2.10 bits per heavy atom. The standard InChI is InChI=1S/C14H20N2O3S/c1-8(2)12(13(15)20)16-14(17)11-9(18-3)6-5-7-10(11)19-4/h5-8,12H,1-4H3,(H2,15,20)(H,16,17). The summed E-state index contributed by atoms with van der Waals surface area (Å²) in [6.45, 7) is 3.87. The maximum atomic E-state index is 12.4. The average molecular weight is 296 g/mol. The summed E-state index contributed by atoms with van der Waals surface area (Å²) < 4.78 is 10.4. The van der Waals surface area contributed by atoms with E-state index in [9.17, 15) is 4.79 Å². The van der Waals surface area contributed by atoms with E-state index in [1.54, 1.807) is 18.2 Å². The Kier molecular flexibility index (Phi) is 5.76. The van der Waals surface area contributed by atoms with Crippen molar-refractivity contribution in [2.45, 2.75) is 19.9 Å². The number of nitrogens with two attached hydrogens (primary N) is 1. The molecule has 0 bridgehead atoms. The van der Waals surface area contributed by atoms with Crippen molar-refractivity contribution < 1.29 is 14.3 Å². The van der Waals surface area contributed by atoms with Gasteiger partial charge in [-0.3, -0.25) is 4.79 Å². The Morgan fingerprint density at radius 1 is 1.25 bits per heavy atom. The van der Waals surface area contributed by atoms with E-state index in [0.29, 0.717) is 17.1 Å². The number of thiocarbonyl (C=S) groups is 1. The molecule has 20 heavy (non-hydrogen) atoms. The van der Waals surface area contributed by atoms with Crippen molar-refractivity contribution in [2.75, 3.05) is 14.2 Å². The first-order chi connectivity index (χ1) is 9.42. The molecule has 0 radical (unpaired) electrons. The van der Waals surface area contributed by atoms with Crippen LogP contribution in [0.2, 0.25) is 0 Å². The van der Waals surface area contributed by atoms with E-state index in [0.717, 1.165) is 0 Å². The molecule has 0 aliphatic rings. The summed E-state index contributed by atoms with van der Waals surface area (Å²) in [4.78, 5) is 12.7. The lowest BCUT2D eigenvalue weighted by Gasteiger charge is -2.22. The van der Waals surface area contributed by atoms with Crippen molar-refractivity contribution in [3.05, 3.63) is 23.8 Å². The van der Waals surface area contributed by atoms with Gasteiger partial charge < -0.3 is 20.5 Å². The Labute approximate surface area is 124 Å². The van der Waals surface area contributed by atoms with Gasteiger partial charge in [0.2, 0.25) is 0 Å². The third kappa shape index (κ3) is 3.60. The second-order valence-electron chi connectivity index (χ2n) is 4.64. The zero-order valence-corrected chi connectivity index (χ0v) is 12.9. The molecule has 0 aliphatic heterocycles. The van der Waals surface area contributed by atoms with Crippen LogP contribution in [0.15, 0.2) is 18.2 Å². The number of methoxy groups -OCH3 is 2. The van der Waals surface area contributed by atoms with Crippen LogP contribution in [-0.4, -0.2) is 31.2 Å². The van der Waals surface area contributed by atoms with E-state index in [-0.39, 0.29) is 22.9 Å². The number of carbonyl (C=O) groups is 1. The van der Waals surface area contributed by atoms with Gasteiger partial charge in [-0.15, -0.1) is 0 Å². The molecule has 5 nitrogen and oxygen atoms in total. The SMILES string of the molecule is COc1cccc(OC)c1C(=O)NC(C(N)=S)C(C)C. The van der Waals surface area contributed by atoms with Crippen molar-refractivity contribution in [3.63, 3.8) is 0 Å². The first kappa shape index (κ1) is 16.2. The molecule has 3 N–H and O–H groups in total. The fraction of sp³-hybridized carbons (Fsp3) is 0.429. The minimum absolute atomic E-state index is 0.0946. The Morgan fingerprint density at radius 2 is 1.75 bits per heavy atom. The zero-order chi connectivity index (χ0) is 15.3. The Balaban J connectivity index is 3.11. The Bertz CT molecular complexity index is 481. The second-order valence-corrected chi connectivity index (χ2v) is 5.11. The number of benzene rings is 1. The minimum Gasteiger partial charge on any atom is -0.496 e. The molecule has 1 amide bonds. The monoisotopic (exact) mass is 296 g/mol. The molecule has 6 heteroatoms. The van der Waals surface area contributed by atoms with E-state index < -0.39 is 0 Å². The average Bonchev–Trinajstić information content (AvgIpc) is 2.42. The van der Waals surface area contributed by atoms with E-state index >= 15 is 0 Å². The molecular weight excluding hydrogens is 276 g/mol. The van der Waals surface area contributed by atoms with Gasteiger partial charge in [-0.1, -0.05) is 32.1 Å². The van der Waals surface area contributed by atoms with Crippen molar-refractivity contribution in [3.8, 4) is 11.5 Å². The van der Waals surface area contributed by atoms with Crippen molar-refractivity contribution in [1.82, 2.24) is 5.32 Å². The predicted octanol–water partition coefficient (Wildman–Crippen LogP) is 1.74. The molecule has 0 heterocycles. The van der Waals surface area contributed by atoms with Gasteiger partial charge in [0.1, 0.15) is 17.1 Å². The van der Waals surface area contributed by atoms with Gasteiger partial charge in [0.05, 0.1) is 25.2 Å². The van der Waals surface area contributed by atoms with Crippen molar-refractivity contribution >= 4 is 23.1 Å². The molecular formula is C14H20N2O3S. The van der Waals surface area contributed by atoms with Crippen molar-refractivity contribution in [2.24, 2.45) is 11.7 Å². The highest BCUT2D eigenvalue weighted by Crippen LogP contribution is 2.28. The van der Waals surface area contributed by atoms with Crippen LogP contribution in [0.25, 0.3) is 0 Å². The largest absolute Gasteiger partial charge is 0.496 e. The minimum atomic E-state index is -0.382. The van der Waals surface area contributed by atoms with Gasteiger partial charge in [-0.05, 0) is 18.1 Å². The fourth-order valence-corrected chi connectivity index (χ4v) is 2.19. The lowest BCUT2D eigenvalue weighted by atomic mass is 10.0. The molecule has 1 unspecified atom stereocenters. The van der Waals surface area contributed by atoms with Crippen LogP contribution >= 0.6 is 12.2 Å². The Hall–Kier alpha value is -1.82. The molecule has 0 saturated carbocycles. The number of hydrogen-bond acceptors (Lipinski definition) is 4. The van der Waals surface area contributed by atoms with Crippen LogP contribution in [0, 0.1) is 5.92 Å². The fourth-order valence-electron chi connectivity index (χ4n) is 1.85. The van der Waals surface area contributed by atoms with Crippen LogP contribution in [0.3, 0.4) is 0 Å². The van der Waals surface area contributed by atoms with Gasteiger partial charge in [0, 0.05) is 0 Å². The van der Waals surface area contributed by atoms with Crippen LogP contribution < -0.4 is 20.5 Å². The molecule has 1 aromatic rings. The van der Waals surface area contributed by atoms with Gasteiger partial charge in [0.25, 0.3) is 5.91 Å². The maximum absolute atomic E-state index is 12.4. The van der Waals surface area contributed by atoms with Crippen molar-refractivity contribution in [1.29, 1.82) is 0 Å². The first-order valence-corrected chi connectivity index (χ1v) is 6.64. The predicted molar refractivity (Wildman–Crippen MR) is 82.4 cm³/mol. The molecule has 0 spiro atoms. The third-order valence-electron chi connectivity index (χ3n) is 2.91. The number of nitrogens with one attached hydrogen (secondary N) is 1. The first-order valence-electron chi connectivity index (χ1n) is 6.23. The summed E-state index contributed by atoms with van der Waals surface area (Å²) >= 11 is 4.98. The highest BCUT2D eigenvalue weighted by atomic mass is 32.1. The van der Waals surface area contributed by atoms with E-state index in [2.05, 4.69) is 5.32 Å². The lowest BCUT2D eigenvalue weighted by Crippen LogP contribution is -2.46. The number of ether oxygens (including phenoxy) is 2. The molecule has 1 atom stereocenters. The molecule has 110 valence electrons. The number of carbonyl (C=O) groups excluding carboxylic acids is 1. The summed E-state index contributed by atoms with van der Waals surface area (Å²) in [6, 6.07) is 4.76. The quantitative estimate of drug-likeness (QED) is 0.782. The zero-order valence-electron chi connectivity index (χ0n) is 12.1. The molecule has 0 aromatic heterocycles. The van der Waals surface area contributed by atoms with Crippen LogP contribution in [0.1, 0.15) is 24.2 Å². The normalized spacial score (nSPS) is 11.8. The van der Waals surface area contributed by atoms with Gasteiger partial charge in [-0.25, -0.2) is 0 Å². The number of amides is 1. The summed E-state index contributed by atoms with van der Waals surface area (Å²) in [5.41, 5.74) is 5.99. The van der Waals surface area contributed by atoms with E-state index in [4.69, 9.17) is 27.4 Å². The third-order valence-corrected chi connectivity index (χ3v) is 3.17. The number of hydrogen-bond donors (Lipinski definition) is 2.